The van der Waals surface area contributed by atoms with E-state index >= 15 is 0 Å². The van der Waals surface area contributed by atoms with Gasteiger partial charge in [-0.05, 0) is 67.8 Å². The molecule has 34 heavy (non-hydrogen) atoms. The molecule has 0 radical (unpaired) electrons. The van der Waals surface area contributed by atoms with Crippen LogP contribution in [0.4, 0.5) is 5.69 Å². The minimum Gasteiger partial charge on any atom is -0.438 e. The SMILES string of the molecule is Cc1cc(Oc2ncccc2C#N)ccc1NC(=O)C1CCN(S(=O)(=O)c2cccnc2)CC1. The lowest BCUT2D eigenvalue weighted by Gasteiger charge is -2.30. The molecule has 1 aliphatic rings. The zero-order valence-electron chi connectivity index (χ0n) is 18.5. The number of rotatable bonds is 6. The average Bonchev–Trinajstić information content (AvgIpc) is 2.86. The summed E-state index contributed by atoms with van der Waals surface area (Å²) in [5.41, 5.74) is 1.76. The predicted molar refractivity (Wildman–Crippen MR) is 125 cm³/mol. The highest BCUT2D eigenvalue weighted by Gasteiger charge is 2.32. The van der Waals surface area contributed by atoms with Crippen LogP contribution in [0, 0.1) is 24.2 Å². The zero-order chi connectivity index (χ0) is 24.1. The van der Waals surface area contributed by atoms with E-state index in [1.165, 1.54) is 22.8 Å². The second kappa shape index (κ2) is 9.99. The van der Waals surface area contributed by atoms with E-state index in [4.69, 9.17) is 4.74 Å². The van der Waals surface area contributed by atoms with Crippen molar-refractivity contribution in [3.63, 3.8) is 0 Å². The van der Waals surface area contributed by atoms with Gasteiger partial charge in [-0.2, -0.15) is 9.57 Å². The van der Waals surface area contributed by atoms with Crippen LogP contribution in [0.25, 0.3) is 0 Å². The Kier molecular flexibility index (Phi) is 6.86. The molecule has 0 spiro atoms. The quantitative estimate of drug-likeness (QED) is 0.576. The molecule has 174 valence electrons. The number of benzene rings is 1. The van der Waals surface area contributed by atoms with Gasteiger partial charge in [0.1, 0.15) is 22.3 Å². The molecule has 0 saturated carbocycles. The maximum absolute atomic E-state index is 12.8. The van der Waals surface area contributed by atoms with Crippen molar-refractivity contribution in [3.8, 4) is 17.7 Å². The van der Waals surface area contributed by atoms with Gasteiger partial charge in [0.25, 0.3) is 0 Å². The molecule has 10 heteroatoms. The van der Waals surface area contributed by atoms with Crippen LogP contribution in [0.5, 0.6) is 11.6 Å². The molecule has 1 aliphatic heterocycles. The normalized spacial score (nSPS) is 14.8. The third kappa shape index (κ3) is 5.06. The van der Waals surface area contributed by atoms with Gasteiger partial charge < -0.3 is 10.1 Å². The van der Waals surface area contributed by atoms with Gasteiger partial charge >= 0.3 is 0 Å². The number of hydrogen-bond acceptors (Lipinski definition) is 7. The van der Waals surface area contributed by atoms with Crippen LogP contribution in [0.15, 0.2) is 66.0 Å². The van der Waals surface area contributed by atoms with Crippen molar-refractivity contribution in [2.45, 2.75) is 24.7 Å². The lowest BCUT2D eigenvalue weighted by Crippen LogP contribution is -2.41. The largest absolute Gasteiger partial charge is 0.438 e. The van der Waals surface area contributed by atoms with Crippen LogP contribution >= 0.6 is 0 Å². The van der Waals surface area contributed by atoms with Gasteiger partial charge in [-0.15, -0.1) is 0 Å². The number of amides is 1. The summed E-state index contributed by atoms with van der Waals surface area (Å²) in [7, 11) is -3.61. The van der Waals surface area contributed by atoms with Gasteiger partial charge in [-0.3, -0.25) is 9.78 Å². The van der Waals surface area contributed by atoms with Gasteiger partial charge in [0, 0.05) is 43.3 Å². The minimum atomic E-state index is -3.61. The van der Waals surface area contributed by atoms with Crippen molar-refractivity contribution in [2.24, 2.45) is 5.92 Å². The number of hydrogen-bond donors (Lipinski definition) is 1. The van der Waals surface area contributed by atoms with Crippen LogP contribution in [0.3, 0.4) is 0 Å². The number of pyridine rings is 2. The summed E-state index contributed by atoms with van der Waals surface area (Å²) in [6.07, 6.45) is 5.27. The molecular formula is C24H23N5O4S. The van der Waals surface area contributed by atoms with E-state index < -0.39 is 10.0 Å². The van der Waals surface area contributed by atoms with Crippen molar-refractivity contribution in [1.29, 1.82) is 5.26 Å². The molecular weight excluding hydrogens is 454 g/mol. The van der Waals surface area contributed by atoms with Gasteiger partial charge in [-0.1, -0.05) is 0 Å². The van der Waals surface area contributed by atoms with E-state index in [-0.39, 0.29) is 35.7 Å². The number of carbonyl (C=O) groups excluding carboxylic acids is 1. The second-order valence-corrected chi connectivity index (χ2v) is 9.84. The number of nitriles is 1. The Bertz CT molecular complexity index is 1330. The lowest BCUT2D eigenvalue weighted by atomic mass is 9.97. The highest BCUT2D eigenvalue weighted by Crippen LogP contribution is 2.28. The Morgan fingerprint density at radius 2 is 1.94 bits per heavy atom. The van der Waals surface area contributed by atoms with Crippen molar-refractivity contribution < 1.29 is 17.9 Å². The van der Waals surface area contributed by atoms with Crippen LogP contribution in [0.2, 0.25) is 0 Å². The van der Waals surface area contributed by atoms with Crippen LogP contribution in [-0.2, 0) is 14.8 Å². The third-order valence-electron chi connectivity index (χ3n) is 5.66. The number of nitrogens with zero attached hydrogens (tertiary/aromatic N) is 4. The first-order chi connectivity index (χ1) is 16.4. The number of aromatic nitrogens is 2. The molecule has 3 aromatic rings. The standard InChI is InChI=1S/C24H23N5O4S/c1-17-14-20(33-24-19(15-25)4-2-11-27-24)6-7-22(17)28-23(30)18-8-12-29(13-9-18)34(31,32)21-5-3-10-26-16-21/h2-7,10-11,14,16,18H,8-9,12-13H2,1H3,(H,28,30). The van der Waals surface area contributed by atoms with Crippen LogP contribution in [-0.4, -0.2) is 41.7 Å². The Labute approximate surface area is 198 Å². The van der Waals surface area contributed by atoms with Gasteiger partial charge in [0.2, 0.25) is 21.8 Å². The van der Waals surface area contributed by atoms with Crippen molar-refractivity contribution in [1.82, 2.24) is 14.3 Å². The maximum atomic E-state index is 12.8. The Morgan fingerprint density at radius 1 is 1.18 bits per heavy atom. The molecule has 9 nitrogen and oxygen atoms in total. The topological polar surface area (TPSA) is 125 Å². The highest BCUT2D eigenvalue weighted by molar-refractivity contribution is 7.89. The number of ether oxygens (including phenoxy) is 1. The first-order valence-electron chi connectivity index (χ1n) is 10.7. The molecule has 0 aliphatic carbocycles. The van der Waals surface area contributed by atoms with Gasteiger partial charge in [0.15, 0.2) is 0 Å². The fourth-order valence-electron chi connectivity index (χ4n) is 3.75. The highest BCUT2D eigenvalue weighted by atomic mass is 32.2. The maximum Gasteiger partial charge on any atom is 0.244 e. The van der Waals surface area contributed by atoms with Crippen LogP contribution < -0.4 is 10.1 Å². The van der Waals surface area contributed by atoms with Gasteiger partial charge in [0.05, 0.1) is 0 Å². The van der Waals surface area contributed by atoms with E-state index in [2.05, 4.69) is 15.3 Å². The van der Waals surface area contributed by atoms with Crippen molar-refractivity contribution >= 4 is 21.6 Å². The van der Waals surface area contributed by atoms with E-state index in [1.54, 1.807) is 42.6 Å². The molecule has 1 saturated heterocycles. The van der Waals surface area contributed by atoms with E-state index in [1.807, 2.05) is 13.0 Å². The summed E-state index contributed by atoms with van der Waals surface area (Å²) in [4.78, 5) is 21.0. The molecule has 1 aromatic carbocycles. The third-order valence-corrected chi connectivity index (χ3v) is 7.54. The van der Waals surface area contributed by atoms with E-state index in [0.29, 0.717) is 29.8 Å². The summed E-state index contributed by atoms with van der Waals surface area (Å²) in [5, 5.41) is 12.1. The number of nitrogens with one attached hydrogen (secondary N) is 1. The number of sulfonamides is 1. The fourth-order valence-corrected chi connectivity index (χ4v) is 5.18. The number of carbonyl (C=O) groups is 1. The predicted octanol–water partition coefficient (Wildman–Crippen LogP) is 3.49. The van der Waals surface area contributed by atoms with Gasteiger partial charge in [-0.25, -0.2) is 13.4 Å². The average molecular weight is 478 g/mol. The van der Waals surface area contributed by atoms with Crippen LogP contribution in [0.1, 0.15) is 24.0 Å². The van der Waals surface area contributed by atoms with Crippen molar-refractivity contribution in [2.75, 3.05) is 18.4 Å². The summed E-state index contributed by atoms with van der Waals surface area (Å²) >= 11 is 0. The molecule has 1 amide bonds. The Morgan fingerprint density at radius 3 is 2.62 bits per heavy atom. The second-order valence-electron chi connectivity index (χ2n) is 7.90. The lowest BCUT2D eigenvalue weighted by molar-refractivity contribution is -0.120. The first kappa shape index (κ1) is 23.4. The monoisotopic (exact) mass is 477 g/mol. The molecule has 0 unspecified atom stereocenters. The summed E-state index contributed by atoms with van der Waals surface area (Å²) in [5.74, 6) is 0.280. The molecule has 4 rings (SSSR count). The van der Waals surface area contributed by atoms with Crippen molar-refractivity contribution in [3.05, 3.63) is 72.2 Å². The summed E-state index contributed by atoms with van der Waals surface area (Å²) < 4.78 is 32.6. The Hall–Kier alpha value is -3.81. The smallest absolute Gasteiger partial charge is 0.244 e. The number of piperidine rings is 1. The molecule has 1 N–H and O–H groups in total. The fraction of sp³-hybridized carbons (Fsp3) is 0.250. The molecule has 2 aromatic heterocycles. The molecule has 1 fully saturated rings. The first-order valence-corrected chi connectivity index (χ1v) is 12.2. The summed E-state index contributed by atoms with van der Waals surface area (Å²) in [6, 6.07) is 13.6. The number of anilines is 1. The number of aryl methyl sites for hydroxylation is 1. The molecule has 0 bridgehead atoms. The minimum absolute atomic E-state index is 0.147. The van der Waals surface area contributed by atoms with E-state index in [0.717, 1.165) is 5.56 Å². The zero-order valence-corrected chi connectivity index (χ0v) is 19.3. The molecule has 3 heterocycles. The van der Waals surface area contributed by atoms with E-state index in [9.17, 15) is 18.5 Å². The summed E-state index contributed by atoms with van der Waals surface area (Å²) in [6.45, 7) is 2.38. The molecule has 0 atom stereocenters. The Balaban J connectivity index is 1.37.